The van der Waals surface area contributed by atoms with Gasteiger partial charge in [-0.15, -0.1) is 0 Å². The molecular formula is C24H32N4O2. The third-order valence-electron chi connectivity index (χ3n) is 5.70. The maximum absolute atomic E-state index is 12.4. The van der Waals surface area contributed by atoms with Crippen LogP contribution in [0.15, 0.2) is 42.5 Å². The zero-order valence-electron chi connectivity index (χ0n) is 18.3. The maximum atomic E-state index is 12.4. The lowest BCUT2D eigenvalue weighted by Gasteiger charge is -2.37. The van der Waals surface area contributed by atoms with E-state index in [0.717, 1.165) is 50.5 Å². The molecule has 2 aliphatic rings. The molecule has 160 valence electrons. The van der Waals surface area contributed by atoms with Crippen LogP contribution >= 0.6 is 0 Å². The van der Waals surface area contributed by atoms with Crippen LogP contribution in [0.1, 0.15) is 32.0 Å². The van der Waals surface area contributed by atoms with Crippen LogP contribution < -0.4 is 9.80 Å². The summed E-state index contributed by atoms with van der Waals surface area (Å²) in [4.78, 5) is 24.1. The highest BCUT2D eigenvalue weighted by molar-refractivity contribution is 5.68. The van der Waals surface area contributed by atoms with Gasteiger partial charge in [0.15, 0.2) is 0 Å². The fourth-order valence-corrected chi connectivity index (χ4v) is 4.09. The molecule has 0 N–H and O–H groups in total. The van der Waals surface area contributed by atoms with Gasteiger partial charge in [0.2, 0.25) is 0 Å². The molecule has 30 heavy (non-hydrogen) atoms. The predicted octanol–water partition coefficient (Wildman–Crippen LogP) is 3.74. The molecule has 3 heterocycles. The normalized spacial score (nSPS) is 17.4. The Kier molecular flexibility index (Phi) is 5.84. The number of piperazine rings is 1. The first-order valence-corrected chi connectivity index (χ1v) is 10.9. The van der Waals surface area contributed by atoms with E-state index < -0.39 is 5.60 Å². The summed E-state index contributed by atoms with van der Waals surface area (Å²) < 4.78 is 5.55. The highest BCUT2D eigenvalue weighted by Gasteiger charge is 2.25. The van der Waals surface area contributed by atoms with Gasteiger partial charge < -0.3 is 19.4 Å². The van der Waals surface area contributed by atoms with Crippen LogP contribution in [0.4, 0.5) is 16.3 Å². The molecule has 6 nitrogen and oxygen atoms in total. The van der Waals surface area contributed by atoms with Crippen LogP contribution in [0, 0.1) is 0 Å². The average molecular weight is 409 g/mol. The summed E-state index contributed by atoms with van der Waals surface area (Å²) in [5.41, 5.74) is 3.18. The third-order valence-corrected chi connectivity index (χ3v) is 5.70. The number of rotatable bonds is 2. The van der Waals surface area contributed by atoms with Crippen molar-refractivity contribution in [1.29, 1.82) is 0 Å². The molecule has 1 saturated heterocycles. The standard InChI is InChI=1S/C24H32N4O2/c1-24(2,3)30-23(29)28-13-11-19-9-10-22(25-21(19)12-14-28)27-17-15-26(16-18-27)20-7-5-4-6-8-20/h4-10H,11-18H2,1-3H3. The second kappa shape index (κ2) is 8.54. The van der Waals surface area contributed by atoms with Gasteiger partial charge in [0.25, 0.3) is 0 Å². The summed E-state index contributed by atoms with van der Waals surface area (Å²) in [6.07, 6.45) is 1.36. The van der Waals surface area contributed by atoms with Crippen molar-refractivity contribution in [3.8, 4) is 0 Å². The lowest BCUT2D eigenvalue weighted by Crippen LogP contribution is -2.46. The number of anilines is 2. The van der Waals surface area contributed by atoms with Gasteiger partial charge in [0.1, 0.15) is 11.4 Å². The van der Waals surface area contributed by atoms with Crippen LogP contribution in [0.25, 0.3) is 0 Å². The Bertz CT molecular complexity index is 871. The largest absolute Gasteiger partial charge is 0.444 e. The van der Waals surface area contributed by atoms with Gasteiger partial charge in [-0.1, -0.05) is 24.3 Å². The minimum atomic E-state index is -0.469. The lowest BCUT2D eigenvalue weighted by atomic mass is 10.1. The Balaban J connectivity index is 1.38. The minimum absolute atomic E-state index is 0.229. The van der Waals surface area contributed by atoms with Crippen LogP contribution in [0.5, 0.6) is 0 Å². The third kappa shape index (κ3) is 4.86. The first kappa shape index (κ1) is 20.5. The number of hydrogen-bond donors (Lipinski definition) is 0. The summed E-state index contributed by atoms with van der Waals surface area (Å²) in [7, 11) is 0. The Morgan fingerprint density at radius 2 is 1.53 bits per heavy atom. The van der Waals surface area contributed by atoms with E-state index in [0.29, 0.717) is 13.1 Å². The topological polar surface area (TPSA) is 48.9 Å². The number of pyridine rings is 1. The van der Waals surface area contributed by atoms with Crippen LogP contribution in [-0.2, 0) is 17.6 Å². The number of ether oxygens (including phenoxy) is 1. The van der Waals surface area contributed by atoms with Crippen molar-refractivity contribution in [2.75, 3.05) is 49.1 Å². The Morgan fingerprint density at radius 1 is 0.867 bits per heavy atom. The van der Waals surface area contributed by atoms with Crippen LogP contribution in [0.3, 0.4) is 0 Å². The Labute approximate surface area is 179 Å². The quantitative estimate of drug-likeness (QED) is 0.758. The fourth-order valence-electron chi connectivity index (χ4n) is 4.09. The number of para-hydroxylation sites is 1. The van der Waals surface area contributed by atoms with E-state index in [1.807, 2.05) is 25.7 Å². The summed E-state index contributed by atoms with van der Waals surface area (Å²) in [5, 5.41) is 0. The number of aromatic nitrogens is 1. The number of nitrogens with zero attached hydrogens (tertiary/aromatic N) is 4. The van der Waals surface area contributed by atoms with E-state index in [-0.39, 0.29) is 6.09 Å². The van der Waals surface area contributed by atoms with E-state index >= 15 is 0 Å². The van der Waals surface area contributed by atoms with E-state index in [9.17, 15) is 4.79 Å². The molecule has 0 radical (unpaired) electrons. The second-order valence-electron chi connectivity index (χ2n) is 9.05. The Morgan fingerprint density at radius 3 is 2.23 bits per heavy atom. The number of fused-ring (bicyclic) bond motifs is 1. The van der Waals surface area contributed by atoms with Gasteiger partial charge in [-0.2, -0.15) is 0 Å². The molecule has 1 fully saturated rings. The van der Waals surface area contributed by atoms with Crippen LogP contribution in [-0.4, -0.2) is 60.8 Å². The van der Waals surface area contributed by atoms with Gasteiger partial charge in [-0.05, 0) is 51.0 Å². The minimum Gasteiger partial charge on any atom is -0.444 e. The van der Waals surface area contributed by atoms with E-state index in [4.69, 9.17) is 9.72 Å². The highest BCUT2D eigenvalue weighted by atomic mass is 16.6. The molecule has 4 rings (SSSR count). The zero-order chi connectivity index (χ0) is 21.1. The molecule has 0 atom stereocenters. The number of carbonyl (C=O) groups excluding carboxylic acids is 1. The van der Waals surface area contributed by atoms with Crippen molar-refractivity contribution in [3.63, 3.8) is 0 Å². The van der Waals surface area contributed by atoms with Gasteiger partial charge in [-0.3, -0.25) is 0 Å². The van der Waals surface area contributed by atoms with Crippen molar-refractivity contribution in [2.24, 2.45) is 0 Å². The number of amides is 1. The highest BCUT2D eigenvalue weighted by Crippen LogP contribution is 2.23. The molecular weight excluding hydrogens is 376 g/mol. The molecule has 1 aromatic heterocycles. The molecule has 0 spiro atoms. The molecule has 1 aromatic carbocycles. The molecule has 0 bridgehead atoms. The molecule has 2 aromatic rings. The summed E-state index contributed by atoms with van der Waals surface area (Å²) in [6.45, 7) is 11.0. The number of hydrogen-bond acceptors (Lipinski definition) is 5. The van der Waals surface area contributed by atoms with E-state index in [1.54, 1.807) is 0 Å². The average Bonchev–Trinajstić information content (AvgIpc) is 2.95. The summed E-state index contributed by atoms with van der Waals surface area (Å²) in [5.74, 6) is 1.05. The molecule has 0 unspecified atom stereocenters. The van der Waals surface area contributed by atoms with Crippen molar-refractivity contribution in [3.05, 3.63) is 53.7 Å². The van der Waals surface area contributed by atoms with Crippen molar-refractivity contribution in [1.82, 2.24) is 9.88 Å². The Hall–Kier alpha value is -2.76. The molecule has 6 heteroatoms. The molecule has 1 amide bonds. The fraction of sp³-hybridized carbons (Fsp3) is 0.500. The summed E-state index contributed by atoms with van der Waals surface area (Å²) in [6, 6.07) is 14.9. The second-order valence-corrected chi connectivity index (χ2v) is 9.05. The smallest absolute Gasteiger partial charge is 0.410 e. The van der Waals surface area contributed by atoms with Crippen molar-refractivity contribution < 1.29 is 9.53 Å². The SMILES string of the molecule is CC(C)(C)OC(=O)N1CCc2ccc(N3CCN(c4ccccc4)CC3)nc2CC1. The van der Waals surface area contributed by atoms with Crippen molar-refractivity contribution in [2.45, 2.75) is 39.2 Å². The number of carbonyl (C=O) groups is 1. The van der Waals surface area contributed by atoms with Gasteiger partial charge in [0, 0.05) is 57.1 Å². The first-order chi connectivity index (χ1) is 14.4. The van der Waals surface area contributed by atoms with E-state index in [2.05, 4.69) is 52.3 Å². The summed E-state index contributed by atoms with van der Waals surface area (Å²) >= 11 is 0. The molecule has 0 saturated carbocycles. The van der Waals surface area contributed by atoms with Gasteiger partial charge in [-0.25, -0.2) is 9.78 Å². The number of benzene rings is 1. The lowest BCUT2D eigenvalue weighted by molar-refractivity contribution is 0.0258. The van der Waals surface area contributed by atoms with Crippen LogP contribution in [0.2, 0.25) is 0 Å². The molecule has 2 aliphatic heterocycles. The molecule has 0 aliphatic carbocycles. The van der Waals surface area contributed by atoms with E-state index in [1.165, 1.54) is 11.3 Å². The van der Waals surface area contributed by atoms with Crippen molar-refractivity contribution >= 4 is 17.6 Å². The zero-order valence-corrected chi connectivity index (χ0v) is 18.3. The predicted molar refractivity (Wildman–Crippen MR) is 120 cm³/mol. The monoisotopic (exact) mass is 408 g/mol. The first-order valence-electron chi connectivity index (χ1n) is 10.9. The van der Waals surface area contributed by atoms with Gasteiger partial charge >= 0.3 is 6.09 Å². The maximum Gasteiger partial charge on any atom is 0.410 e. The van der Waals surface area contributed by atoms with Gasteiger partial charge in [0.05, 0.1) is 0 Å².